The third-order valence-corrected chi connectivity index (χ3v) is 4.76. The first-order valence-electron chi connectivity index (χ1n) is 9.23. The number of rotatable bonds is 6. The number of Topliss-reactive ketones (excluding diaryl/α,β-unsaturated/α-hetero) is 1. The van der Waals surface area contributed by atoms with Crippen molar-refractivity contribution < 1.29 is 23.5 Å². The lowest BCUT2D eigenvalue weighted by Gasteiger charge is -2.36. The molecule has 0 bridgehead atoms. The van der Waals surface area contributed by atoms with E-state index in [1.807, 2.05) is 4.90 Å². The molecule has 2 aromatic carbocycles. The number of piperazine rings is 1. The second-order valence-corrected chi connectivity index (χ2v) is 6.56. The molecule has 1 saturated heterocycles. The van der Waals surface area contributed by atoms with Crippen molar-refractivity contribution in [2.45, 2.75) is 0 Å². The van der Waals surface area contributed by atoms with Crippen molar-refractivity contribution in [1.82, 2.24) is 10.2 Å². The second-order valence-electron chi connectivity index (χ2n) is 6.56. The third kappa shape index (κ3) is 4.90. The number of ether oxygens (including phenoxy) is 1. The Labute approximate surface area is 168 Å². The zero-order valence-electron chi connectivity index (χ0n) is 16.1. The van der Waals surface area contributed by atoms with E-state index < -0.39 is 11.7 Å². The van der Waals surface area contributed by atoms with Gasteiger partial charge in [0, 0.05) is 31.7 Å². The van der Waals surface area contributed by atoms with Gasteiger partial charge in [-0.25, -0.2) is 4.39 Å². The van der Waals surface area contributed by atoms with Crippen molar-refractivity contribution in [3.63, 3.8) is 0 Å². The summed E-state index contributed by atoms with van der Waals surface area (Å²) in [5.41, 5.74) is 0.699. The summed E-state index contributed by atoms with van der Waals surface area (Å²) in [5, 5.41) is 2.37. The molecule has 1 fully saturated rings. The summed E-state index contributed by atoms with van der Waals surface area (Å²) in [7, 11) is 1.47. The van der Waals surface area contributed by atoms with Crippen LogP contribution >= 0.6 is 0 Å². The van der Waals surface area contributed by atoms with Crippen molar-refractivity contribution in [1.29, 1.82) is 0 Å². The summed E-state index contributed by atoms with van der Waals surface area (Å²) in [4.78, 5) is 40.1. The van der Waals surface area contributed by atoms with Gasteiger partial charge in [0.25, 0.3) is 5.91 Å². The number of para-hydroxylation sites is 1. The molecular weight excluding hydrogens is 377 g/mol. The first-order chi connectivity index (χ1) is 14.0. The monoisotopic (exact) mass is 399 g/mol. The summed E-state index contributed by atoms with van der Waals surface area (Å²) >= 11 is 0. The van der Waals surface area contributed by atoms with Gasteiger partial charge < -0.3 is 19.9 Å². The van der Waals surface area contributed by atoms with Gasteiger partial charge in [0.05, 0.1) is 19.3 Å². The zero-order valence-corrected chi connectivity index (χ0v) is 16.1. The first kappa shape index (κ1) is 20.3. The minimum absolute atomic E-state index is 0.188. The van der Waals surface area contributed by atoms with Crippen LogP contribution < -0.4 is 15.0 Å². The molecule has 1 N–H and O–H groups in total. The minimum Gasteiger partial charge on any atom is -0.497 e. The summed E-state index contributed by atoms with van der Waals surface area (Å²) < 4.78 is 18.9. The van der Waals surface area contributed by atoms with Crippen LogP contribution in [0.5, 0.6) is 5.75 Å². The molecule has 0 spiro atoms. The number of benzene rings is 2. The predicted octanol–water partition coefficient (Wildman–Crippen LogP) is 1.48. The van der Waals surface area contributed by atoms with Crippen LogP contribution in [-0.4, -0.2) is 62.3 Å². The van der Waals surface area contributed by atoms with Crippen LogP contribution in [0.4, 0.5) is 10.1 Å². The van der Waals surface area contributed by atoms with Gasteiger partial charge in [-0.15, -0.1) is 0 Å². The highest BCUT2D eigenvalue weighted by Gasteiger charge is 2.24. The highest BCUT2D eigenvalue weighted by Crippen LogP contribution is 2.20. The highest BCUT2D eigenvalue weighted by molar-refractivity contribution is 6.43. The van der Waals surface area contributed by atoms with E-state index in [9.17, 15) is 18.8 Å². The van der Waals surface area contributed by atoms with Gasteiger partial charge in [-0.05, 0) is 24.3 Å². The molecule has 2 amide bonds. The van der Waals surface area contributed by atoms with E-state index in [4.69, 9.17) is 4.74 Å². The molecule has 1 aliphatic rings. The predicted molar refractivity (Wildman–Crippen MR) is 106 cm³/mol. The third-order valence-electron chi connectivity index (χ3n) is 4.76. The molecular formula is C21H22FN3O4. The minimum atomic E-state index is -0.850. The molecule has 0 unspecified atom stereocenters. The van der Waals surface area contributed by atoms with E-state index in [0.717, 1.165) is 0 Å². The Hall–Kier alpha value is -3.42. The number of hydrogen-bond acceptors (Lipinski definition) is 5. The number of halogens is 1. The summed E-state index contributed by atoms with van der Waals surface area (Å²) in [6.45, 7) is 1.53. The Morgan fingerprint density at radius 3 is 2.45 bits per heavy atom. The van der Waals surface area contributed by atoms with Gasteiger partial charge >= 0.3 is 0 Å². The smallest absolute Gasteiger partial charge is 0.292 e. The fraction of sp³-hybridized carbons (Fsp3) is 0.286. The number of ketones is 1. The maximum atomic E-state index is 13.9. The molecule has 0 saturated carbocycles. The molecule has 152 valence electrons. The number of carbonyl (C=O) groups is 3. The average molecular weight is 399 g/mol. The first-order valence-corrected chi connectivity index (χ1v) is 9.23. The Morgan fingerprint density at radius 2 is 1.76 bits per heavy atom. The fourth-order valence-electron chi connectivity index (χ4n) is 3.15. The molecule has 2 aromatic rings. The van der Waals surface area contributed by atoms with E-state index in [1.54, 1.807) is 35.2 Å². The maximum absolute atomic E-state index is 13.9. The van der Waals surface area contributed by atoms with Gasteiger partial charge in [0.15, 0.2) is 0 Å². The van der Waals surface area contributed by atoms with Crippen LogP contribution in [0.15, 0.2) is 48.5 Å². The van der Waals surface area contributed by atoms with Gasteiger partial charge in [-0.1, -0.05) is 24.3 Å². The van der Waals surface area contributed by atoms with Crippen molar-refractivity contribution in [2.24, 2.45) is 0 Å². The standard InChI is InChI=1S/C21H22FN3O4/c1-29-16-6-4-5-15(13-16)20(27)21(28)23-14-19(26)25-11-9-24(10-12-25)18-8-3-2-7-17(18)22/h2-8,13H,9-12,14H2,1H3,(H,23,28). The maximum Gasteiger partial charge on any atom is 0.292 e. The SMILES string of the molecule is COc1cccc(C(=O)C(=O)NCC(=O)N2CCN(c3ccccc3F)CC2)c1. The van der Waals surface area contributed by atoms with Gasteiger partial charge in [0.2, 0.25) is 11.7 Å². The number of carbonyl (C=O) groups excluding carboxylic acids is 3. The number of amides is 2. The van der Waals surface area contributed by atoms with E-state index in [1.165, 1.54) is 25.3 Å². The Morgan fingerprint density at radius 1 is 1.03 bits per heavy atom. The molecule has 7 nitrogen and oxygen atoms in total. The molecule has 8 heteroatoms. The summed E-state index contributed by atoms with van der Waals surface area (Å²) in [5.74, 6) is -1.70. The number of nitrogens with zero attached hydrogens (tertiary/aromatic N) is 2. The van der Waals surface area contributed by atoms with E-state index in [0.29, 0.717) is 37.6 Å². The normalized spacial score (nSPS) is 13.7. The lowest BCUT2D eigenvalue weighted by atomic mass is 10.1. The van der Waals surface area contributed by atoms with Crippen LogP contribution in [-0.2, 0) is 9.59 Å². The molecule has 3 rings (SSSR count). The van der Waals surface area contributed by atoms with Crippen LogP contribution in [0.25, 0.3) is 0 Å². The van der Waals surface area contributed by atoms with Crippen LogP contribution in [0.2, 0.25) is 0 Å². The molecule has 0 atom stereocenters. The van der Waals surface area contributed by atoms with Crippen LogP contribution in [0, 0.1) is 5.82 Å². The van der Waals surface area contributed by atoms with Crippen molar-refractivity contribution in [2.75, 3.05) is 44.7 Å². The fourth-order valence-corrected chi connectivity index (χ4v) is 3.15. The van der Waals surface area contributed by atoms with Gasteiger partial charge in [-0.2, -0.15) is 0 Å². The summed E-state index contributed by atoms with van der Waals surface area (Å²) in [6.07, 6.45) is 0. The van der Waals surface area contributed by atoms with Crippen LogP contribution in [0.3, 0.4) is 0 Å². The van der Waals surface area contributed by atoms with Crippen molar-refractivity contribution in [3.05, 3.63) is 59.9 Å². The zero-order chi connectivity index (χ0) is 20.8. The van der Waals surface area contributed by atoms with E-state index in [-0.39, 0.29) is 23.8 Å². The number of nitrogens with one attached hydrogen (secondary N) is 1. The molecule has 1 aliphatic heterocycles. The highest BCUT2D eigenvalue weighted by atomic mass is 19.1. The molecule has 0 aliphatic carbocycles. The van der Waals surface area contributed by atoms with E-state index >= 15 is 0 Å². The lowest BCUT2D eigenvalue weighted by Crippen LogP contribution is -2.51. The van der Waals surface area contributed by atoms with Crippen molar-refractivity contribution in [3.8, 4) is 5.75 Å². The Bertz CT molecular complexity index is 910. The van der Waals surface area contributed by atoms with Gasteiger partial charge in [0.1, 0.15) is 11.6 Å². The number of methoxy groups -OCH3 is 1. The van der Waals surface area contributed by atoms with E-state index in [2.05, 4.69) is 5.32 Å². The number of anilines is 1. The number of hydrogen-bond donors (Lipinski definition) is 1. The van der Waals surface area contributed by atoms with Crippen LogP contribution in [0.1, 0.15) is 10.4 Å². The molecule has 0 aromatic heterocycles. The second kappa shape index (κ2) is 9.18. The average Bonchev–Trinajstić information content (AvgIpc) is 2.77. The Balaban J connectivity index is 1.49. The Kier molecular flexibility index (Phi) is 6.43. The van der Waals surface area contributed by atoms with Gasteiger partial charge in [-0.3, -0.25) is 14.4 Å². The quantitative estimate of drug-likeness (QED) is 0.588. The largest absolute Gasteiger partial charge is 0.497 e. The molecule has 29 heavy (non-hydrogen) atoms. The lowest BCUT2D eigenvalue weighted by molar-refractivity contribution is -0.132. The van der Waals surface area contributed by atoms with Crippen molar-refractivity contribution >= 4 is 23.3 Å². The molecule has 1 heterocycles. The molecule has 0 radical (unpaired) electrons. The topological polar surface area (TPSA) is 78.9 Å². The summed E-state index contributed by atoms with van der Waals surface area (Å²) in [6, 6.07) is 12.8.